The molecule has 1 fully saturated rings. The minimum Gasteiger partial charge on any atom is -0.497 e. The van der Waals surface area contributed by atoms with Crippen LogP contribution in [0.1, 0.15) is 106 Å². The smallest absolute Gasteiger partial charge is 0.303 e. The molecule has 60 heavy (non-hydrogen) atoms. The molecule has 4 rings (SSSR count). The molecule has 1 saturated heterocycles. The van der Waals surface area contributed by atoms with Crippen molar-refractivity contribution in [2.75, 3.05) is 25.2 Å². The van der Waals surface area contributed by atoms with Gasteiger partial charge in [0.1, 0.15) is 29.9 Å². The highest BCUT2D eigenvalue weighted by Crippen LogP contribution is 2.46. The van der Waals surface area contributed by atoms with Crippen molar-refractivity contribution in [3.05, 3.63) is 95.3 Å². The van der Waals surface area contributed by atoms with E-state index in [1.54, 1.807) is 24.1 Å². The van der Waals surface area contributed by atoms with E-state index < -0.39 is 49.1 Å². The first-order valence-corrected chi connectivity index (χ1v) is 20.3. The molecule has 3 aromatic rings. The summed E-state index contributed by atoms with van der Waals surface area (Å²) in [5, 5.41) is 71.5. The summed E-state index contributed by atoms with van der Waals surface area (Å²) in [5.41, 5.74) is 14.2. The van der Waals surface area contributed by atoms with Crippen LogP contribution in [0.25, 0.3) is 0 Å². The molecular formula is C44H64FN3O12. The molecule has 0 unspecified atom stereocenters. The molecule has 334 valence electrons. The zero-order valence-corrected chi connectivity index (χ0v) is 34.3. The molecule has 0 aromatic heterocycles. The molecule has 0 bridgehead atoms. The maximum Gasteiger partial charge on any atom is 0.303 e. The average molecular weight is 846 g/mol. The summed E-state index contributed by atoms with van der Waals surface area (Å²) >= 11 is 0. The monoisotopic (exact) mass is 845 g/mol. The van der Waals surface area contributed by atoms with E-state index in [1.807, 2.05) is 48.5 Å². The lowest BCUT2D eigenvalue weighted by molar-refractivity contribution is -0.138. The van der Waals surface area contributed by atoms with E-state index in [0.717, 1.165) is 73.9 Å². The van der Waals surface area contributed by atoms with E-state index in [4.69, 9.17) is 51.9 Å². The van der Waals surface area contributed by atoms with Crippen molar-refractivity contribution in [3.8, 4) is 5.75 Å². The summed E-state index contributed by atoms with van der Waals surface area (Å²) in [4.78, 5) is 35.4. The van der Waals surface area contributed by atoms with Crippen LogP contribution in [-0.4, -0.2) is 103 Å². The first-order chi connectivity index (χ1) is 28.7. The predicted molar refractivity (Wildman–Crippen MR) is 223 cm³/mol. The number of carboxylic acid groups (broad SMARTS) is 2. The lowest BCUT2D eigenvalue weighted by atomic mass is 9.78. The number of rotatable bonds is 24. The highest BCUT2D eigenvalue weighted by Gasteiger charge is 2.48. The largest absolute Gasteiger partial charge is 0.497 e. The van der Waals surface area contributed by atoms with Crippen LogP contribution in [0.15, 0.2) is 72.8 Å². The number of ether oxygens (including phenoxy) is 1. The maximum atomic E-state index is 13.2. The second-order valence-corrected chi connectivity index (χ2v) is 14.7. The molecule has 7 atom stereocenters. The number of aliphatic carboxylic acids is 2. The summed E-state index contributed by atoms with van der Waals surface area (Å²) in [6, 6.07) is 21.1. The highest BCUT2D eigenvalue weighted by atomic mass is 19.1. The van der Waals surface area contributed by atoms with E-state index in [0.29, 0.717) is 24.9 Å². The number of carbonyl (C=O) groups excluding carboxylic acids is 1. The van der Waals surface area contributed by atoms with Crippen molar-refractivity contribution in [2.45, 2.75) is 120 Å². The number of anilines is 1. The van der Waals surface area contributed by atoms with Crippen molar-refractivity contribution >= 4 is 23.5 Å². The number of carboxylic acids is 2. The van der Waals surface area contributed by atoms with Crippen molar-refractivity contribution in [2.24, 2.45) is 17.4 Å². The van der Waals surface area contributed by atoms with Gasteiger partial charge in [0, 0.05) is 31.6 Å². The van der Waals surface area contributed by atoms with E-state index in [-0.39, 0.29) is 43.1 Å². The Hall–Kier alpha value is -4.52. The number of nitrogens with two attached hydrogens (primary N) is 2. The lowest BCUT2D eigenvalue weighted by Crippen LogP contribution is -2.55. The van der Waals surface area contributed by atoms with Gasteiger partial charge >= 0.3 is 11.9 Å². The van der Waals surface area contributed by atoms with Crippen molar-refractivity contribution in [1.29, 1.82) is 0 Å². The molecule has 1 heterocycles. The quantitative estimate of drug-likeness (QED) is 0.0452. The fourth-order valence-electron chi connectivity index (χ4n) is 6.60. The molecule has 1 aliphatic rings. The van der Waals surface area contributed by atoms with Crippen LogP contribution < -0.4 is 21.1 Å². The van der Waals surface area contributed by atoms with Gasteiger partial charge in [0.05, 0.1) is 37.9 Å². The number of unbranched alkanes of at least 4 members (excludes halogenated alkanes) is 7. The van der Waals surface area contributed by atoms with Gasteiger partial charge in [-0.15, -0.1) is 0 Å². The number of hydrogen-bond acceptors (Lipinski definition) is 12. The number of benzene rings is 3. The minimum absolute atomic E-state index is 0.0256. The van der Waals surface area contributed by atoms with Crippen molar-refractivity contribution < 1.29 is 64.4 Å². The van der Waals surface area contributed by atoms with Gasteiger partial charge < -0.3 is 62.0 Å². The van der Waals surface area contributed by atoms with Crippen LogP contribution >= 0.6 is 0 Å². The van der Waals surface area contributed by atoms with Crippen LogP contribution in [0, 0.1) is 11.7 Å². The number of nitrogens with zero attached hydrogens (tertiary/aromatic N) is 1. The van der Waals surface area contributed by atoms with Crippen LogP contribution in [0.3, 0.4) is 0 Å². The topological polar surface area (TPSA) is 278 Å². The number of aliphatic hydroxyl groups excluding tert-OH is 6. The molecule has 0 spiro atoms. The van der Waals surface area contributed by atoms with E-state index in [2.05, 4.69) is 0 Å². The van der Waals surface area contributed by atoms with Gasteiger partial charge in [-0.3, -0.25) is 14.4 Å². The summed E-state index contributed by atoms with van der Waals surface area (Å²) in [6.07, 6.45) is 2.78. The first kappa shape index (κ1) is 51.6. The number of β-lactam (4-membered cyclic amide) rings is 1. The standard InChI is InChI=1S/C26H27FN2O3.C12H22O4.C6H15NO5/c1-32-22-12-6-19(7-13-22)25-23(14-15-24(30)18-4-8-20(27)9-5-18)26(31)29(25)21-10-2-17(16-28)3-11-21;13-11(14)9-7-5-3-1-2-4-6-8-10-12(15)16;7-1-3(9)5(11)6(12)4(10)2-8/h2-13,23-25,30H,14-16,28H2,1H3;1-10H2,(H,13,14)(H,15,16);3-6,8-12H,1-2,7H2/t23-,24+,25-;;3-,4+,5+,6+/m1.0/s1. The normalized spacial score (nSPS) is 17.1. The van der Waals surface area contributed by atoms with Gasteiger partial charge in [-0.05, 0) is 78.8 Å². The molecule has 3 aromatic carbocycles. The predicted octanol–water partition coefficient (Wildman–Crippen LogP) is 3.95. The molecule has 0 aliphatic carbocycles. The fraction of sp³-hybridized carbons (Fsp3) is 0.523. The molecule has 0 saturated carbocycles. The molecule has 16 heteroatoms. The zero-order chi connectivity index (χ0) is 44.6. The Morgan fingerprint density at radius 3 is 1.68 bits per heavy atom. The second-order valence-electron chi connectivity index (χ2n) is 14.7. The Bertz CT molecular complexity index is 1630. The molecular weight excluding hydrogens is 781 g/mol. The number of halogens is 1. The molecule has 12 N–H and O–H groups in total. The third kappa shape index (κ3) is 17.6. The Kier molecular flexibility index (Phi) is 24.2. The number of aliphatic hydroxyl groups is 6. The van der Waals surface area contributed by atoms with Gasteiger partial charge in [0.15, 0.2) is 0 Å². The molecule has 15 nitrogen and oxygen atoms in total. The summed E-state index contributed by atoms with van der Waals surface area (Å²) < 4.78 is 18.4. The molecule has 0 radical (unpaired) electrons. The van der Waals surface area contributed by atoms with Gasteiger partial charge in [-0.25, -0.2) is 4.39 Å². The molecule has 1 aliphatic heterocycles. The van der Waals surface area contributed by atoms with Gasteiger partial charge in [0.2, 0.25) is 5.91 Å². The van der Waals surface area contributed by atoms with Crippen LogP contribution in [-0.2, 0) is 20.9 Å². The first-order valence-electron chi connectivity index (χ1n) is 20.3. The van der Waals surface area contributed by atoms with E-state index >= 15 is 0 Å². The number of carbonyl (C=O) groups is 3. The third-order valence-corrected chi connectivity index (χ3v) is 10.2. The van der Waals surface area contributed by atoms with E-state index in [1.165, 1.54) is 12.1 Å². The fourth-order valence-corrected chi connectivity index (χ4v) is 6.60. The minimum atomic E-state index is -1.59. The summed E-state index contributed by atoms with van der Waals surface area (Å²) in [5.74, 6) is -1.25. The molecule has 1 amide bonds. The van der Waals surface area contributed by atoms with Crippen LogP contribution in [0.5, 0.6) is 5.75 Å². The average Bonchev–Trinajstić information content (AvgIpc) is 3.25. The van der Waals surface area contributed by atoms with Gasteiger partial charge in [-0.1, -0.05) is 74.9 Å². The Morgan fingerprint density at radius 2 is 1.23 bits per heavy atom. The van der Waals surface area contributed by atoms with Crippen LogP contribution in [0.4, 0.5) is 10.1 Å². The van der Waals surface area contributed by atoms with Crippen molar-refractivity contribution in [3.63, 3.8) is 0 Å². The SMILES string of the molecule is COc1ccc([C@@H]2[C@@H](CC[C@H](O)c3ccc(F)cc3)C(=O)N2c2ccc(CN)cc2)cc1.NC[C@H](O)[C@@H](O)[C@H](O)[C@H](O)CO.O=C(O)CCCCCCCCCCC(=O)O. The third-order valence-electron chi connectivity index (χ3n) is 10.2. The number of hydrogen-bond donors (Lipinski definition) is 10. The lowest BCUT2D eigenvalue weighted by Gasteiger charge is -2.48. The highest BCUT2D eigenvalue weighted by molar-refractivity contribution is 6.03. The Balaban J connectivity index is 0.000000370. The zero-order valence-electron chi connectivity index (χ0n) is 34.3. The number of amides is 1. The number of methoxy groups -OCH3 is 1. The summed E-state index contributed by atoms with van der Waals surface area (Å²) in [6.45, 7) is -0.466. The Labute approximate surface area is 351 Å². The maximum absolute atomic E-state index is 13.2. The van der Waals surface area contributed by atoms with Crippen molar-refractivity contribution in [1.82, 2.24) is 0 Å². The van der Waals surface area contributed by atoms with E-state index in [9.17, 15) is 23.9 Å². The Morgan fingerprint density at radius 1 is 0.733 bits per heavy atom. The van der Waals surface area contributed by atoms with Crippen LogP contribution in [0.2, 0.25) is 0 Å². The van der Waals surface area contributed by atoms with Gasteiger partial charge in [0.25, 0.3) is 0 Å². The van der Waals surface area contributed by atoms with Gasteiger partial charge in [-0.2, -0.15) is 0 Å². The summed E-state index contributed by atoms with van der Waals surface area (Å²) in [7, 11) is 1.62. The second kappa shape index (κ2) is 28.1.